The number of carbonyl (C=O) groups is 1. The molecule has 0 aromatic carbocycles. The molecule has 0 saturated heterocycles. The molecular formula is C8H8ClFN2O. The van der Waals surface area contributed by atoms with Crippen LogP contribution in [-0.2, 0) is 0 Å². The number of pyridine rings is 1. The van der Waals surface area contributed by atoms with Crippen LogP contribution in [0.2, 0.25) is 5.02 Å². The minimum Gasteiger partial charge on any atom is -0.360 e. The summed E-state index contributed by atoms with van der Waals surface area (Å²) < 4.78 is 13.3. The highest BCUT2D eigenvalue weighted by molar-refractivity contribution is 6.33. The van der Waals surface area contributed by atoms with Gasteiger partial charge >= 0.3 is 0 Å². The number of halogens is 2. The predicted octanol–water partition coefficient (Wildman–Crippen LogP) is 1.75. The highest BCUT2D eigenvalue weighted by Gasteiger charge is 2.13. The minimum atomic E-state index is -0.670. The summed E-state index contributed by atoms with van der Waals surface area (Å²) in [6, 6.07) is 0. The third-order valence-electron chi connectivity index (χ3n) is 1.52. The van der Waals surface area contributed by atoms with Crippen molar-refractivity contribution >= 4 is 23.7 Å². The summed E-state index contributed by atoms with van der Waals surface area (Å²) in [5.74, 6) is -0.549. The molecule has 0 atom stereocenters. The van der Waals surface area contributed by atoms with E-state index in [1.807, 2.05) is 0 Å². The van der Waals surface area contributed by atoms with Crippen LogP contribution in [-0.4, -0.2) is 25.4 Å². The van der Waals surface area contributed by atoms with E-state index in [-0.39, 0.29) is 16.4 Å². The van der Waals surface area contributed by atoms with Gasteiger partial charge in [0.25, 0.3) is 0 Å². The van der Waals surface area contributed by atoms with Gasteiger partial charge in [0, 0.05) is 20.3 Å². The summed E-state index contributed by atoms with van der Waals surface area (Å²) in [5, 5.41) is -0.186. The number of carbonyl (C=O) groups excluding carboxylic acids is 1. The van der Waals surface area contributed by atoms with E-state index in [1.165, 1.54) is 11.1 Å². The van der Waals surface area contributed by atoms with Crippen LogP contribution >= 0.6 is 11.6 Å². The summed E-state index contributed by atoms with van der Waals surface area (Å²) >= 11 is 5.57. The van der Waals surface area contributed by atoms with Gasteiger partial charge in [-0.05, 0) is 0 Å². The van der Waals surface area contributed by atoms with E-state index in [0.29, 0.717) is 6.29 Å². The Hall–Kier alpha value is -1.16. The van der Waals surface area contributed by atoms with Gasteiger partial charge in [-0.25, -0.2) is 9.37 Å². The topological polar surface area (TPSA) is 33.2 Å². The Morgan fingerprint density at radius 1 is 1.62 bits per heavy atom. The number of rotatable bonds is 2. The normalized spacial score (nSPS) is 9.85. The van der Waals surface area contributed by atoms with Crippen molar-refractivity contribution in [1.82, 2.24) is 4.98 Å². The van der Waals surface area contributed by atoms with Crippen LogP contribution in [0.4, 0.5) is 10.2 Å². The zero-order valence-electron chi connectivity index (χ0n) is 7.21. The first-order chi connectivity index (χ1) is 6.07. The smallest absolute Gasteiger partial charge is 0.184 e. The molecule has 3 nitrogen and oxygen atoms in total. The Kier molecular flexibility index (Phi) is 2.83. The Morgan fingerprint density at radius 2 is 2.23 bits per heavy atom. The molecule has 1 aromatic heterocycles. The van der Waals surface area contributed by atoms with Crippen LogP contribution in [0.5, 0.6) is 0 Å². The van der Waals surface area contributed by atoms with Gasteiger partial charge in [-0.2, -0.15) is 0 Å². The first-order valence-corrected chi connectivity index (χ1v) is 3.92. The minimum absolute atomic E-state index is 0.0600. The Balaban J connectivity index is 3.31. The summed E-state index contributed by atoms with van der Waals surface area (Å²) in [5.41, 5.74) is 0.0600. The molecule has 0 N–H and O–H groups in total. The largest absolute Gasteiger partial charge is 0.360 e. The van der Waals surface area contributed by atoms with Crippen molar-refractivity contribution < 1.29 is 9.18 Å². The summed E-state index contributed by atoms with van der Waals surface area (Å²) in [4.78, 5) is 15.6. The molecule has 0 amide bonds. The van der Waals surface area contributed by atoms with E-state index in [4.69, 9.17) is 11.6 Å². The molecule has 0 bridgehead atoms. The first-order valence-electron chi connectivity index (χ1n) is 3.54. The van der Waals surface area contributed by atoms with E-state index in [9.17, 15) is 9.18 Å². The van der Waals surface area contributed by atoms with Crippen LogP contribution in [0.25, 0.3) is 0 Å². The van der Waals surface area contributed by atoms with Gasteiger partial charge in [0.15, 0.2) is 17.9 Å². The molecule has 1 aromatic rings. The zero-order valence-corrected chi connectivity index (χ0v) is 7.97. The molecule has 1 rings (SSSR count). The Labute approximate surface area is 80.1 Å². The van der Waals surface area contributed by atoms with Crippen molar-refractivity contribution in [2.24, 2.45) is 0 Å². The third-order valence-corrected chi connectivity index (χ3v) is 1.90. The fourth-order valence-electron chi connectivity index (χ4n) is 0.863. The standard InChI is InChI=1S/C8H8ClFN2O/c1-12(2)8-7(10)6(9)5(4-13)3-11-8/h3-4H,1-2H3. The lowest BCUT2D eigenvalue weighted by Crippen LogP contribution is -2.13. The quantitative estimate of drug-likeness (QED) is 0.686. The van der Waals surface area contributed by atoms with E-state index in [0.717, 1.165) is 0 Å². The van der Waals surface area contributed by atoms with Crippen molar-refractivity contribution in [2.75, 3.05) is 19.0 Å². The van der Waals surface area contributed by atoms with Gasteiger partial charge in [0.2, 0.25) is 0 Å². The molecule has 0 saturated carbocycles. The zero-order chi connectivity index (χ0) is 10.0. The lowest BCUT2D eigenvalue weighted by Gasteiger charge is -2.12. The second-order valence-electron chi connectivity index (χ2n) is 2.68. The van der Waals surface area contributed by atoms with Crippen LogP contribution < -0.4 is 4.90 Å². The van der Waals surface area contributed by atoms with E-state index < -0.39 is 5.82 Å². The van der Waals surface area contributed by atoms with Crippen molar-refractivity contribution in [1.29, 1.82) is 0 Å². The molecule has 13 heavy (non-hydrogen) atoms. The van der Waals surface area contributed by atoms with E-state index >= 15 is 0 Å². The molecule has 0 fully saturated rings. The molecule has 0 radical (unpaired) electrons. The number of hydrogen-bond acceptors (Lipinski definition) is 3. The van der Waals surface area contributed by atoms with Crippen molar-refractivity contribution in [3.05, 3.63) is 22.6 Å². The molecule has 0 unspecified atom stereocenters. The molecule has 0 aliphatic rings. The van der Waals surface area contributed by atoms with Crippen LogP contribution in [0.1, 0.15) is 10.4 Å². The lowest BCUT2D eigenvalue weighted by molar-refractivity contribution is 0.112. The van der Waals surface area contributed by atoms with Gasteiger partial charge in [-0.3, -0.25) is 4.79 Å². The number of aromatic nitrogens is 1. The van der Waals surface area contributed by atoms with Gasteiger partial charge in [-0.1, -0.05) is 11.6 Å². The second-order valence-corrected chi connectivity index (χ2v) is 3.06. The van der Waals surface area contributed by atoms with Crippen LogP contribution in [0, 0.1) is 5.82 Å². The van der Waals surface area contributed by atoms with Gasteiger partial charge in [0.05, 0.1) is 10.6 Å². The van der Waals surface area contributed by atoms with Crippen molar-refractivity contribution in [2.45, 2.75) is 0 Å². The molecule has 5 heteroatoms. The maximum atomic E-state index is 13.3. The number of hydrogen-bond donors (Lipinski definition) is 0. The van der Waals surface area contributed by atoms with Crippen LogP contribution in [0.3, 0.4) is 0 Å². The Bertz CT molecular complexity index is 341. The fourth-order valence-corrected chi connectivity index (χ4v) is 1.04. The average molecular weight is 203 g/mol. The lowest BCUT2D eigenvalue weighted by atomic mass is 10.3. The van der Waals surface area contributed by atoms with Gasteiger partial charge < -0.3 is 4.90 Å². The third kappa shape index (κ3) is 1.78. The fraction of sp³-hybridized carbons (Fsp3) is 0.250. The van der Waals surface area contributed by atoms with E-state index in [2.05, 4.69) is 4.98 Å². The maximum absolute atomic E-state index is 13.3. The SMILES string of the molecule is CN(C)c1ncc(C=O)c(Cl)c1F. The number of nitrogens with zero attached hydrogens (tertiary/aromatic N) is 2. The summed E-state index contributed by atoms with van der Waals surface area (Å²) in [7, 11) is 3.28. The highest BCUT2D eigenvalue weighted by Crippen LogP contribution is 2.24. The number of anilines is 1. The molecule has 70 valence electrons. The predicted molar refractivity (Wildman–Crippen MR) is 48.9 cm³/mol. The summed E-state index contributed by atoms with van der Waals surface area (Å²) in [6.07, 6.45) is 1.71. The average Bonchev–Trinajstić information content (AvgIpc) is 2.09. The molecule has 0 aliphatic heterocycles. The molecule has 1 heterocycles. The maximum Gasteiger partial charge on any atom is 0.184 e. The molecule has 0 aliphatic carbocycles. The van der Waals surface area contributed by atoms with Gasteiger partial charge in [-0.15, -0.1) is 0 Å². The highest BCUT2D eigenvalue weighted by atomic mass is 35.5. The van der Waals surface area contributed by atoms with Gasteiger partial charge in [0.1, 0.15) is 0 Å². The summed E-state index contributed by atoms with van der Waals surface area (Å²) in [6.45, 7) is 0. The number of aldehydes is 1. The second kappa shape index (κ2) is 3.70. The molecular weight excluding hydrogens is 195 g/mol. The monoisotopic (exact) mass is 202 g/mol. The van der Waals surface area contributed by atoms with Crippen molar-refractivity contribution in [3.8, 4) is 0 Å². The molecule has 0 spiro atoms. The van der Waals surface area contributed by atoms with Crippen LogP contribution in [0.15, 0.2) is 6.20 Å². The first kappa shape index (κ1) is 9.92. The Morgan fingerprint density at radius 3 is 2.69 bits per heavy atom. The van der Waals surface area contributed by atoms with Crippen molar-refractivity contribution in [3.63, 3.8) is 0 Å². The van der Waals surface area contributed by atoms with E-state index in [1.54, 1.807) is 14.1 Å².